The highest BCUT2D eigenvalue weighted by atomic mass is 32.2. The third-order valence-electron chi connectivity index (χ3n) is 3.75. The highest BCUT2D eigenvalue weighted by Gasteiger charge is 2.28. The fourth-order valence-electron chi connectivity index (χ4n) is 2.38. The number of aliphatic carboxylic acids is 1. The number of hydrogen-bond acceptors (Lipinski definition) is 4. The quantitative estimate of drug-likeness (QED) is 0.743. The number of hydrogen-bond donors (Lipinski definition) is 1. The van der Waals surface area contributed by atoms with Gasteiger partial charge < -0.3 is 10.0 Å². The molecule has 112 valence electrons. The topological polar surface area (TPSA) is 77.9 Å². The van der Waals surface area contributed by atoms with Gasteiger partial charge in [-0.25, -0.2) is 12.7 Å². The van der Waals surface area contributed by atoms with Crippen LogP contribution in [0.3, 0.4) is 0 Å². The molecule has 0 atom stereocenters. The van der Waals surface area contributed by atoms with E-state index in [0.29, 0.717) is 0 Å². The van der Waals surface area contributed by atoms with Crippen LogP contribution < -0.4 is 0 Å². The molecule has 0 spiro atoms. The Morgan fingerprint density at radius 1 is 1.37 bits per heavy atom. The van der Waals surface area contributed by atoms with Crippen molar-refractivity contribution >= 4 is 16.0 Å². The summed E-state index contributed by atoms with van der Waals surface area (Å²) in [5.74, 6) is -1.03. The summed E-state index contributed by atoms with van der Waals surface area (Å²) in [7, 11) is -1.71. The van der Waals surface area contributed by atoms with Gasteiger partial charge in [-0.3, -0.25) is 4.79 Å². The Morgan fingerprint density at radius 3 is 2.42 bits per heavy atom. The van der Waals surface area contributed by atoms with E-state index in [4.69, 9.17) is 5.11 Å². The normalized spacial score (nSPS) is 18.9. The van der Waals surface area contributed by atoms with Crippen LogP contribution >= 0.6 is 0 Å². The first-order valence-corrected chi connectivity index (χ1v) is 8.37. The Balaban J connectivity index is 2.47. The van der Waals surface area contributed by atoms with E-state index in [1.807, 2.05) is 0 Å². The van der Waals surface area contributed by atoms with Gasteiger partial charge in [0, 0.05) is 19.5 Å². The number of sulfonamides is 1. The number of piperidine rings is 1. The number of likely N-dealkylation sites (tertiary alicyclic amines) is 1. The van der Waals surface area contributed by atoms with Gasteiger partial charge in [-0.15, -0.1) is 0 Å². The van der Waals surface area contributed by atoms with Crippen LogP contribution in [0.5, 0.6) is 0 Å². The van der Waals surface area contributed by atoms with Crippen molar-refractivity contribution in [2.24, 2.45) is 0 Å². The Bertz CT molecular complexity index is 389. The molecular weight excluding hydrogens is 268 g/mol. The molecule has 7 heteroatoms. The maximum Gasteiger partial charge on any atom is 0.303 e. The fraction of sp³-hybridized carbons (Fsp3) is 0.917. The molecule has 0 unspecified atom stereocenters. The van der Waals surface area contributed by atoms with Crippen molar-refractivity contribution in [1.29, 1.82) is 0 Å². The van der Waals surface area contributed by atoms with E-state index in [2.05, 4.69) is 11.8 Å². The average molecular weight is 292 g/mol. The van der Waals surface area contributed by atoms with E-state index in [0.717, 1.165) is 32.5 Å². The van der Waals surface area contributed by atoms with Crippen molar-refractivity contribution in [2.75, 3.05) is 32.4 Å². The maximum atomic E-state index is 12.1. The van der Waals surface area contributed by atoms with Crippen LogP contribution in [0.25, 0.3) is 0 Å². The predicted molar refractivity (Wildman–Crippen MR) is 73.6 cm³/mol. The smallest absolute Gasteiger partial charge is 0.303 e. The van der Waals surface area contributed by atoms with Gasteiger partial charge in [0.1, 0.15) is 0 Å². The first-order chi connectivity index (χ1) is 8.86. The van der Waals surface area contributed by atoms with Crippen molar-refractivity contribution in [1.82, 2.24) is 9.21 Å². The molecule has 0 aromatic heterocycles. The lowest BCUT2D eigenvalue weighted by Crippen LogP contribution is -2.46. The van der Waals surface area contributed by atoms with E-state index in [-0.39, 0.29) is 24.6 Å². The summed E-state index contributed by atoms with van der Waals surface area (Å²) in [6, 6.07) is 0.0534. The molecule has 1 aliphatic heterocycles. The van der Waals surface area contributed by atoms with Crippen molar-refractivity contribution in [3.05, 3.63) is 0 Å². The summed E-state index contributed by atoms with van der Waals surface area (Å²) < 4.78 is 25.6. The molecular formula is C12H24N2O4S. The van der Waals surface area contributed by atoms with Gasteiger partial charge in [0.2, 0.25) is 10.0 Å². The molecule has 0 bridgehead atoms. The molecule has 0 aromatic carbocycles. The molecule has 1 heterocycles. The first kappa shape index (κ1) is 16.4. The van der Waals surface area contributed by atoms with Gasteiger partial charge in [-0.05, 0) is 38.9 Å². The monoisotopic (exact) mass is 292 g/mol. The number of carbonyl (C=O) groups is 1. The number of rotatable bonds is 7. The first-order valence-electron chi connectivity index (χ1n) is 6.76. The summed E-state index contributed by atoms with van der Waals surface area (Å²) in [5.41, 5.74) is 0. The lowest BCUT2D eigenvalue weighted by atomic mass is 10.1. The van der Waals surface area contributed by atoms with Crippen LogP contribution in [0.1, 0.15) is 32.6 Å². The molecule has 0 amide bonds. The largest absolute Gasteiger partial charge is 0.481 e. The lowest BCUT2D eigenvalue weighted by Gasteiger charge is -2.35. The van der Waals surface area contributed by atoms with Gasteiger partial charge in [0.05, 0.1) is 5.75 Å². The summed E-state index contributed by atoms with van der Waals surface area (Å²) in [4.78, 5) is 12.7. The minimum atomic E-state index is -3.33. The lowest BCUT2D eigenvalue weighted by molar-refractivity contribution is -0.137. The molecule has 1 fully saturated rings. The predicted octanol–water partition coefficient (Wildman–Crippen LogP) is 0.597. The van der Waals surface area contributed by atoms with Gasteiger partial charge in [-0.1, -0.05) is 6.92 Å². The maximum absolute atomic E-state index is 12.1. The Morgan fingerprint density at radius 2 is 1.95 bits per heavy atom. The third-order valence-corrected chi connectivity index (χ3v) is 5.73. The average Bonchev–Trinajstić information content (AvgIpc) is 2.37. The Hall–Kier alpha value is -0.660. The molecule has 6 nitrogen and oxygen atoms in total. The molecule has 1 saturated heterocycles. The molecule has 1 N–H and O–H groups in total. The van der Waals surface area contributed by atoms with Crippen molar-refractivity contribution in [2.45, 2.75) is 38.6 Å². The van der Waals surface area contributed by atoms with Gasteiger partial charge >= 0.3 is 5.97 Å². The van der Waals surface area contributed by atoms with E-state index in [9.17, 15) is 13.2 Å². The summed E-state index contributed by atoms with van der Waals surface area (Å²) in [6.45, 7) is 4.96. The van der Waals surface area contributed by atoms with Crippen LogP contribution in [0.15, 0.2) is 0 Å². The van der Waals surface area contributed by atoms with Gasteiger partial charge in [0.15, 0.2) is 0 Å². The fourth-order valence-corrected chi connectivity index (χ4v) is 3.84. The second-order valence-corrected chi connectivity index (χ2v) is 7.14. The minimum absolute atomic E-state index is 0.0534. The minimum Gasteiger partial charge on any atom is -0.481 e. The van der Waals surface area contributed by atoms with E-state index in [1.54, 1.807) is 7.05 Å². The standard InChI is InChI=1S/C12H24N2O4S/c1-3-14-8-6-11(7-9-14)13(2)19(17,18)10-4-5-12(15)16/h11H,3-10H2,1-2H3,(H,15,16). The van der Waals surface area contributed by atoms with Crippen LogP contribution in [-0.2, 0) is 14.8 Å². The molecule has 0 aliphatic carbocycles. The highest BCUT2D eigenvalue weighted by molar-refractivity contribution is 7.89. The number of carboxylic acids is 1. The van der Waals surface area contributed by atoms with Gasteiger partial charge in [0.25, 0.3) is 0 Å². The van der Waals surface area contributed by atoms with E-state index >= 15 is 0 Å². The van der Waals surface area contributed by atoms with Crippen LogP contribution in [-0.4, -0.2) is 67.2 Å². The van der Waals surface area contributed by atoms with E-state index in [1.165, 1.54) is 4.31 Å². The summed E-state index contributed by atoms with van der Waals surface area (Å²) in [5, 5.41) is 8.54. The number of carboxylic acid groups (broad SMARTS) is 1. The van der Waals surface area contributed by atoms with Gasteiger partial charge in [-0.2, -0.15) is 0 Å². The molecule has 1 aliphatic rings. The molecule has 0 radical (unpaired) electrons. The van der Waals surface area contributed by atoms with Crippen LogP contribution in [0.2, 0.25) is 0 Å². The van der Waals surface area contributed by atoms with Crippen molar-refractivity contribution in [3.63, 3.8) is 0 Å². The Labute approximate surface area is 115 Å². The van der Waals surface area contributed by atoms with Crippen molar-refractivity contribution in [3.8, 4) is 0 Å². The van der Waals surface area contributed by atoms with Crippen molar-refractivity contribution < 1.29 is 18.3 Å². The van der Waals surface area contributed by atoms with Crippen LogP contribution in [0.4, 0.5) is 0 Å². The molecule has 1 rings (SSSR count). The zero-order valence-corrected chi connectivity index (χ0v) is 12.5. The Kier molecular flexibility index (Phi) is 6.22. The van der Waals surface area contributed by atoms with Crippen LogP contribution in [0, 0.1) is 0 Å². The molecule has 0 saturated carbocycles. The zero-order chi connectivity index (χ0) is 14.5. The third kappa shape index (κ3) is 5.08. The zero-order valence-electron chi connectivity index (χ0n) is 11.7. The number of nitrogens with zero attached hydrogens (tertiary/aromatic N) is 2. The van der Waals surface area contributed by atoms with E-state index < -0.39 is 16.0 Å². The SMILES string of the molecule is CCN1CCC(N(C)S(=O)(=O)CCCC(=O)O)CC1. The summed E-state index contributed by atoms with van der Waals surface area (Å²) in [6.07, 6.45) is 1.78. The molecule has 19 heavy (non-hydrogen) atoms. The second kappa shape index (κ2) is 7.21. The highest BCUT2D eigenvalue weighted by Crippen LogP contribution is 2.18. The molecule has 0 aromatic rings. The second-order valence-electron chi connectivity index (χ2n) is 4.99. The summed E-state index contributed by atoms with van der Waals surface area (Å²) >= 11 is 0.